The van der Waals surface area contributed by atoms with Crippen molar-refractivity contribution in [2.45, 2.75) is 19.6 Å². The molecule has 3 aromatic carbocycles. The van der Waals surface area contributed by atoms with E-state index in [4.69, 9.17) is 4.52 Å². The molecule has 0 aliphatic carbocycles. The Kier molecular flexibility index (Phi) is 6.65. The SMILES string of the molecule is Cc1ccccc1-c1noc(-c2cn(Cc3ccc(NC(=O)Nc4cccc(C(F)(F)F)c4)cc3)cn2)n1. The fraction of sp³-hybridized carbons (Fsp3) is 0.111. The van der Waals surface area contributed by atoms with E-state index in [1.807, 2.05) is 47.9 Å². The number of rotatable bonds is 6. The molecule has 5 aromatic rings. The van der Waals surface area contributed by atoms with Gasteiger partial charge in [0.15, 0.2) is 0 Å². The highest BCUT2D eigenvalue weighted by Crippen LogP contribution is 2.30. The van der Waals surface area contributed by atoms with Gasteiger partial charge in [0.2, 0.25) is 5.82 Å². The van der Waals surface area contributed by atoms with Crippen LogP contribution in [0, 0.1) is 6.92 Å². The van der Waals surface area contributed by atoms with Gasteiger partial charge in [0.05, 0.1) is 11.9 Å². The normalized spacial score (nSPS) is 11.4. The van der Waals surface area contributed by atoms with Crippen LogP contribution in [0.3, 0.4) is 0 Å². The molecule has 2 N–H and O–H groups in total. The summed E-state index contributed by atoms with van der Waals surface area (Å²) in [5, 5.41) is 9.08. The summed E-state index contributed by atoms with van der Waals surface area (Å²) in [5.41, 5.74) is 3.09. The maximum Gasteiger partial charge on any atom is 0.416 e. The minimum absolute atomic E-state index is 0.0390. The first-order valence-electron chi connectivity index (χ1n) is 11.5. The molecule has 0 unspecified atom stereocenters. The summed E-state index contributed by atoms with van der Waals surface area (Å²) in [6.45, 7) is 2.48. The number of alkyl halides is 3. The molecular weight excluding hydrogens is 497 g/mol. The molecular formula is C27H21F3N6O2. The zero-order chi connectivity index (χ0) is 26.7. The molecule has 2 heterocycles. The van der Waals surface area contributed by atoms with Crippen LogP contribution in [0.1, 0.15) is 16.7 Å². The van der Waals surface area contributed by atoms with E-state index in [2.05, 4.69) is 25.8 Å². The van der Waals surface area contributed by atoms with Crippen LogP contribution < -0.4 is 10.6 Å². The molecule has 192 valence electrons. The third-order valence-electron chi connectivity index (χ3n) is 5.69. The Bertz CT molecular complexity index is 1570. The number of hydrogen-bond acceptors (Lipinski definition) is 5. The second-order valence-corrected chi connectivity index (χ2v) is 8.52. The number of aryl methyl sites for hydroxylation is 1. The molecule has 0 aliphatic heterocycles. The van der Waals surface area contributed by atoms with Crippen molar-refractivity contribution < 1.29 is 22.5 Å². The molecule has 0 saturated heterocycles. The Labute approximate surface area is 215 Å². The zero-order valence-corrected chi connectivity index (χ0v) is 20.0. The molecule has 0 aliphatic rings. The number of carbonyl (C=O) groups excluding carboxylic acids is 1. The molecule has 0 saturated carbocycles. The van der Waals surface area contributed by atoms with Crippen LogP contribution in [0.15, 0.2) is 89.8 Å². The number of anilines is 2. The average molecular weight is 518 g/mol. The van der Waals surface area contributed by atoms with E-state index in [1.54, 1.807) is 24.7 Å². The van der Waals surface area contributed by atoms with Crippen molar-refractivity contribution in [1.29, 1.82) is 0 Å². The molecule has 0 bridgehead atoms. The standard InChI is InChI=1S/C27H21F3N6O2/c1-17-5-2-3-8-22(17)24-34-25(38-35-24)23-15-36(16-31-23)14-18-9-11-20(12-10-18)32-26(37)33-21-7-4-6-19(13-21)27(28,29)30/h2-13,15-16H,14H2,1H3,(H2,32,33,37). The first-order valence-corrected chi connectivity index (χ1v) is 11.5. The van der Waals surface area contributed by atoms with Crippen molar-refractivity contribution in [3.63, 3.8) is 0 Å². The van der Waals surface area contributed by atoms with Gasteiger partial charge in [-0.25, -0.2) is 9.78 Å². The molecule has 5 rings (SSSR count). The molecule has 2 amide bonds. The monoisotopic (exact) mass is 518 g/mol. The van der Waals surface area contributed by atoms with Crippen LogP contribution in [0.4, 0.5) is 29.3 Å². The molecule has 38 heavy (non-hydrogen) atoms. The van der Waals surface area contributed by atoms with E-state index >= 15 is 0 Å². The Morgan fingerprint density at radius 1 is 0.974 bits per heavy atom. The Morgan fingerprint density at radius 3 is 2.50 bits per heavy atom. The van der Waals surface area contributed by atoms with E-state index in [0.717, 1.165) is 28.8 Å². The molecule has 8 nitrogen and oxygen atoms in total. The number of nitrogens with one attached hydrogen (secondary N) is 2. The average Bonchev–Trinajstić information content (AvgIpc) is 3.55. The fourth-order valence-corrected chi connectivity index (χ4v) is 3.79. The minimum atomic E-state index is -4.49. The summed E-state index contributed by atoms with van der Waals surface area (Å²) in [4.78, 5) is 21.1. The zero-order valence-electron chi connectivity index (χ0n) is 20.0. The molecule has 0 fully saturated rings. The van der Waals surface area contributed by atoms with Crippen LogP contribution in [0.5, 0.6) is 0 Å². The molecule has 11 heteroatoms. The maximum atomic E-state index is 12.9. The van der Waals surface area contributed by atoms with Crippen LogP contribution in [0.2, 0.25) is 0 Å². The Morgan fingerprint density at radius 2 is 1.74 bits per heavy atom. The number of imidazole rings is 1. The predicted molar refractivity (Wildman–Crippen MR) is 135 cm³/mol. The van der Waals surface area contributed by atoms with Crippen molar-refractivity contribution in [3.8, 4) is 23.0 Å². The number of carbonyl (C=O) groups is 1. The quantitative estimate of drug-likeness (QED) is 0.263. The highest BCUT2D eigenvalue weighted by Gasteiger charge is 2.30. The van der Waals surface area contributed by atoms with Gasteiger partial charge in [0, 0.05) is 29.7 Å². The van der Waals surface area contributed by atoms with Gasteiger partial charge in [0.1, 0.15) is 5.69 Å². The number of amides is 2. The number of aromatic nitrogens is 4. The lowest BCUT2D eigenvalue weighted by Gasteiger charge is -2.11. The number of halogens is 3. The fourth-order valence-electron chi connectivity index (χ4n) is 3.79. The number of urea groups is 1. The smallest absolute Gasteiger partial charge is 0.332 e. The largest absolute Gasteiger partial charge is 0.416 e. The van der Waals surface area contributed by atoms with Gasteiger partial charge in [-0.05, 0) is 48.4 Å². The Hall–Kier alpha value is -4.93. The van der Waals surface area contributed by atoms with E-state index in [-0.39, 0.29) is 5.69 Å². The van der Waals surface area contributed by atoms with E-state index < -0.39 is 17.8 Å². The van der Waals surface area contributed by atoms with Gasteiger partial charge < -0.3 is 19.7 Å². The van der Waals surface area contributed by atoms with E-state index in [1.165, 1.54) is 12.1 Å². The predicted octanol–water partition coefficient (Wildman–Crippen LogP) is 6.62. The summed E-state index contributed by atoms with van der Waals surface area (Å²) in [7, 11) is 0. The maximum absolute atomic E-state index is 12.9. The van der Waals surface area contributed by atoms with Gasteiger partial charge in [0.25, 0.3) is 5.89 Å². The number of benzene rings is 3. The number of nitrogens with zero attached hydrogens (tertiary/aromatic N) is 4. The van der Waals surface area contributed by atoms with Gasteiger partial charge in [-0.3, -0.25) is 0 Å². The molecule has 2 aromatic heterocycles. The highest BCUT2D eigenvalue weighted by atomic mass is 19.4. The van der Waals surface area contributed by atoms with Crippen LogP contribution in [-0.2, 0) is 12.7 Å². The number of hydrogen-bond donors (Lipinski definition) is 2. The second-order valence-electron chi connectivity index (χ2n) is 8.52. The summed E-state index contributed by atoms with van der Waals surface area (Å²) in [6.07, 6.45) is -1.04. The van der Waals surface area contributed by atoms with Gasteiger partial charge in [-0.1, -0.05) is 47.6 Å². The van der Waals surface area contributed by atoms with Crippen molar-refractivity contribution in [3.05, 3.63) is 102 Å². The van der Waals surface area contributed by atoms with Crippen molar-refractivity contribution >= 4 is 17.4 Å². The van der Waals surface area contributed by atoms with E-state index in [9.17, 15) is 18.0 Å². The van der Waals surface area contributed by atoms with Crippen molar-refractivity contribution in [2.75, 3.05) is 10.6 Å². The van der Waals surface area contributed by atoms with Gasteiger partial charge in [-0.15, -0.1) is 0 Å². The van der Waals surface area contributed by atoms with Crippen LogP contribution in [0.25, 0.3) is 23.0 Å². The lowest BCUT2D eigenvalue weighted by molar-refractivity contribution is -0.137. The topological polar surface area (TPSA) is 97.9 Å². The third-order valence-corrected chi connectivity index (χ3v) is 5.69. The van der Waals surface area contributed by atoms with Crippen LogP contribution >= 0.6 is 0 Å². The van der Waals surface area contributed by atoms with Gasteiger partial charge in [-0.2, -0.15) is 18.2 Å². The minimum Gasteiger partial charge on any atom is -0.332 e. The van der Waals surface area contributed by atoms with Crippen LogP contribution in [-0.4, -0.2) is 25.7 Å². The summed E-state index contributed by atoms with van der Waals surface area (Å²) in [5.74, 6) is 0.807. The molecule has 0 spiro atoms. The van der Waals surface area contributed by atoms with E-state index in [0.29, 0.717) is 29.6 Å². The molecule has 0 radical (unpaired) electrons. The summed E-state index contributed by atoms with van der Waals surface area (Å²) in [6, 6.07) is 18.6. The molecule has 0 atom stereocenters. The lowest BCUT2D eigenvalue weighted by atomic mass is 10.1. The Balaban J connectivity index is 1.19. The second kappa shape index (κ2) is 10.2. The van der Waals surface area contributed by atoms with Crippen molar-refractivity contribution in [2.24, 2.45) is 0 Å². The van der Waals surface area contributed by atoms with Crippen molar-refractivity contribution in [1.82, 2.24) is 19.7 Å². The lowest BCUT2D eigenvalue weighted by Crippen LogP contribution is -2.19. The third kappa shape index (κ3) is 5.72. The first kappa shape index (κ1) is 24.8. The highest BCUT2D eigenvalue weighted by molar-refractivity contribution is 5.99. The van der Waals surface area contributed by atoms with Gasteiger partial charge >= 0.3 is 12.2 Å². The summed E-state index contributed by atoms with van der Waals surface area (Å²) < 4.78 is 45.9. The summed E-state index contributed by atoms with van der Waals surface area (Å²) >= 11 is 0. The first-order chi connectivity index (χ1) is 18.2.